The smallest absolute Gasteiger partial charge is 0.0703 e. The number of aromatic nitrogens is 1. The lowest BCUT2D eigenvalue weighted by molar-refractivity contribution is 0.282. The molecule has 0 radical (unpaired) electrons. The Balaban J connectivity index is 1.62. The third-order valence-corrected chi connectivity index (χ3v) is 4.05. The van der Waals surface area contributed by atoms with E-state index in [4.69, 9.17) is 0 Å². The highest BCUT2D eigenvalue weighted by Gasteiger charge is 2.35. The number of nitrogens with zero attached hydrogens (tertiary/aromatic N) is 1. The van der Waals surface area contributed by atoms with Crippen LogP contribution >= 0.6 is 0 Å². The van der Waals surface area contributed by atoms with E-state index in [0.717, 1.165) is 35.5 Å². The first-order chi connectivity index (χ1) is 8.36. The van der Waals surface area contributed by atoms with Gasteiger partial charge in [-0.1, -0.05) is 12.2 Å². The maximum Gasteiger partial charge on any atom is 0.0703 e. The number of aliphatic hydroxyl groups excluding tert-OH is 1. The molecule has 0 amide bonds. The lowest BCUT2D eigenvalue weighted by Crippen LogP contribution is -2.19. The Hall–Kier alpha value is -1.35. The zero-order valence-electron chi connectivity index (χ0n) is 9.84. The molecule has 3 heteroatoms. The highest BCUT2D eigenvalue weighted by Crippen LogP contribution is 2.43. The van der Waals surface area contributed by atoms with Crippen molar-refractivity contribution in [2.45, 2.75) is 19.4 Å². The predicted octanol–water partition coefficient (Wildman–Crippen LogP) is 2.20. The van der Waals surface area contributed by atoms with Crippen molar-refractivity contribution in [1.82, 2.24) is 4.98 Å². The van der Waals surface area contributed by atoms with Crippen molar-refractivity contribution in [3.63, 3.8) is 0 Å². The first-order valence-corrected chi connectivity index (χ1v) is 6.32. The Morgan fingerprint density at radius 2 is 2.29 bits per heavy atom. The van der Waals surface area contributed by atoms with E-state index in [1.54, 1.807) is 12.4 Å². The molecule has 1 aromatic rings. The van der Waals surface area contributed by atoms with E-state index in [-0.39, 0.29) is 6.61 Å². The quantitative estimate of drug-likeness (QED) is 0.779. The van der Waals surface area contributed by atoms with Gasteiger partial charge in [-0.3, -0.25) is 4.98 Å². The zero-order chi connectivity index (χ0) is 11.7. The molecule has 3 rings (SSSR count). The highest BCUT2D eigenvalue weighted by atomic mass is 16.3. The van der Waals surface area contributed by atoms with Gasteiger partial charge in [-0.2, -0.15) is 0 Å². The number of pyridine rings is 1. The van der Waals surface area contributed by atoms with Gasteiger partial charge >= 0.3 is 0 Å². The largest absolute Gasteiger partial charge is 0.392 e. The van der Waals surface area contributed by atoms with E-state index in [9.17, 15) is 5.11 Å². The fourth-order valence-electron chi connectivity index (χ4n) is 3.09. The number of nitrogens with one attached hydrogen (secondary N) is 1. The van der Waals surface area contributed by atoms with Crippen LogP contribution in [-0.4, -0.2) is 16.6 Å². The molecule has 2 aliphatic carbocycles. The van der Waals surface area contributed by atoms with Crippen LogP contribution in [0.3, 0.4) is 0 Å². The number of aliphatic hydroxyl groups is 1. The van der Waals surface area contributed by atoms with Gasteiger partial charge in [0.15, 0.2) is 0 Å². The molecule has 0 aliphatic heterocycles. The summed E-state index contributed by atoms with van der Waals surface area (Å²) < 4.78 is 0. The number of fused-ring (bicyclic) bond motifs is 2. The predicted molar refractivity (Wildman–Crippen MR) is 67.5 cm³/mol. The van der Waals surface area contributed by atoms with Gasteiger partial charge in [-0.25, -0.2) is 0 Å². The SMILES string of the molecule is OCc1ccncc1NCC1CC2C=CC1C2. The molecule has 2 N–H and O–H groups in total. The minimum Gasteiger partial charge on any atom is -0.392 e. The van der Waals surface area contributed by atoms with Crippen molar-refractivity contribution in [1.29, 1.82) is 0 Å². The van der Waals surface area contributed by atoms with Crippen molar-refractivity contribution < 1.29 is 5.11 Å². The van der Waals surface area contributed by atoms with E-state index in [1.165, 1.54) is 12.8 Å². The Morgan fingerprint density at radius 1 is 1.35 bits per heavy atom. The van der Waals surface area contributed by atoms with E-state index >= 15 is 0 Å². The summed E-state index contributed by atoms with van der Waals surface area (Å²) in [6, 6.07) is 1.86. The topological polar surface area (TPSA) is 45.2 Å². The molecule has 1 fully saturated rings. The summed E-state index contributed by atoms with van der Waals surface area (Å²) >= 11 is 0. The number of hydrogen-bond donors (Lipinski definition) is 2. The summed E-state index contributed by atoms with van der Waals surface area (Å²) in [7, 11) is 0. The Kier molecular flexibility index (Phi) is 2.85. The standard InChI is InChI=1S/C14H18N2O/c17-9-12-3-4-15-8-14(12)16-7-13-6-10-1-2-11(13)5-10/h1-4,8,10-11,13,16-17H,5-7,9H2. The highest BCUT2D eigenvalue weighted by molar-refractivity contribution is 5.48. The fraction of sp³-hybridized carbons (Fsp3) is 0.500. The Labute approximate surface area is 102 Å². The van der Waals surface area contributed by atoms with Gasteiger partial charge in [0.05, 0.1) is 18.5 Å². The van der Waals surface area contributed by atoms with Gasteiger partial charge < -0.3 is 10.4 Å². The van der Waals surface area contributed by atoms with Crippen LogP contribution in [0.25, 0.3) is 0 Å². The van der Waals surface area contributed by atoms with Crippen molar-refractivity contribution in [2.75, 3.05) is 11.9 Å². The van der Waals surface area contributed by atoms with Crippen molar-refractivity contribution in [2.24, 2.45) is 17.8 Å². The van der Waals surface area contributed by atoms with E-state index in [0.29, 0.717) is 0 Å². The summed E-state index contributed by atoms with van der Waals surface area (Å²) in [6.07, 6.45) is 10.9. The average molecular weight is 230 g/mol. The number of allylic oxidation sites excluding steroid dienone is 2. The molecule has 17 heavy (non-hydrogen) atoms. The minimum absolute atomic E-state index is 0.0709. The molecule has 2 aliphatic rings. The zero-order valence-corrected chi connectivity index (χ0v) is 9.84. The summed E-state index contributed by atoms with van der Waals surface area (Å²) in [5.41, 5.74) is 1.90. The molecule has 0 saturated heterocycles. The molecule has 0 spiro atoms. The van der Waals surface area contributed by atoms with E-state index in [1.807, 2.05) is 6.07 Å². The summed E-state index contributed by atoms with van der Waals surface area (Å²) in [5, 5.41) is 12.7. The van der Waals surface area contributed by atoms with Crippen molar-refractivity contribution in [3.05, 3.63) is 36.2 Å². The van der Waals surface area contributed by atoms with Gasteiger partial charge in [-0.05, 0) is 36.7 Å². The van der Waals surface area contributed by atoms with Crippen molar-refractivity contribution in [3.8, 4) is 0 Å². The monoisotopic (exact) mass is 230 g/mol. The average Bonchev–Trinajstić information content (AvgIpc) is 2.98. The maximum atomic E-state index is 9.24. The molecule has 1 saturated carbocycles. The molecular formula is C14H18N2O. The van der Waals surface area contributed by atoms with Crippen LogP contribution in [0.1, 0.15) is 18.4 Å². The first kappa shape index (κ1) is 10.8. The molecule has 3 nitrogen and oxygen atoms in total. The summed E-state index contributed by atoms with van der Waals surface area (Å²) in [6.45, 7) is 1.06. The lowest BCUT2D eigenvalue weighted by Gasteiger charge is -2.20. The minimum atomic E-state index is 0.0709. The van der Waals surface area contributed by atoms with Gasteiger partial charge in [0.2, 0.25) is 0 Å². The fourth-order valence-corrected chi connectivity index (χ4v) is 3.09. The van der Waals surface area contributed by atoms with Crippen LogP contribution in [0, 0.1) is 17.8 Å². The molecule has 0 aromatic carbocycles. The molecule has 1 heterocycles. The second-order valence-corrected chi connectivity index (χ2v) is 5.11. The molecule has 1 aromatic heterocycles. The van der Waals surface area contributed by atoms with Crippen LogP contribution in [0.2, 0.25) is 0 Å². The van der Waals surface area contributed by atoms with Gasteiger partial charge in [-0.15, -0.1) is 0 Å². The molecule has 2 bridgehead atoms. The molecular weight excluding hydrogens is 212 g/mol. The normalized spacial score (nSPS) is 29.8. The maximum absolute atomic E-state index is 9.24. The third kappa shape index (κ3) is 2.07. The van der Waals surface area contributed by atoms with E-state index < -0.39 is 0 Å². The second kappa shape index (κ2) is 4.49. The van der Waals surface area contributed by atoms with Gasteiger partial charge in [0.25, 0.3) is 0 Å². The Morgan fingerprint density at radius 3 is 3.00 bits per heavy atom. The van der Waals surface area contributed by atoms with Crippen LogP contribution in [0.4, 0.5) is 5.69 Å². The number of anilines is 1. The van der Waals surface area contributed by atoms with Crippen molar-refractivity contribution >= 4 is 5.69 Å². The Bertz CT molecular complexity index is 430. The second-order valence-electron chi connectivity index (χ2n) is 5.11. The molecule has 3 atom stereocenters. The molecule has 90 valence electrons. The van der Waals surface area contributed by atoms with Gasteiger partial charge in [0, 0.05) is 18.3 Å². The summed E-state index contributed by atoms with van der Waals surface area (Å²) in [4.78, 5) is 4.10. The third-order valence-electron chi connectivity index (χ3n) is 4.05. The lowest BCUT2D eigenvalue weighted by atomic mass is 9.93. The van der Waals surface area contributed by atoms with Crippen LogP contribution in [0.5, 0.6) is 0 Å². The van der Waals surface area contributed by atoms with Crippen LogP contribution in [-0.2, 0) is 6.61 Å². The van der Waals surface area contributed by atoms with Crippen LogP contribution in [0.15, 0.2) is 30.6 Å². The van der Waals surface area contributed by atoms with Crippen LogP contribution < -0.4 is 5.32 Å². The van der Waals surface area contributed by atoms with Gasteiger partial charge in [0.1, 0.15) is 0 Å². The first-order valence-electron chi connectivity index (χ1n) is 6.32. The van der Waals surface area contributed by atoms with E-state index in [2.05, 4.69) is 22.5 Å². The number of rotatable bonds is 4. The summed E-state index contributed by atoms with van der Waals surface area (Å²) in [5.74, 6) is 2.33. The number of hydrogen-bond acceptors (Lipinski definition) is 3. The molecule has 3 unspecified atom stereocenters.